The molecule has 1 heterocycles. The summed E-state index contributed by atoms with van der Waals surface area (Å²) < 4.78 is 2.47. The Balaban J connectivity index is 1.17. The first-order valence-corrected chi connectivity index (χ1v) is 22.2. The van der Waals surface area contributed by atoms with E-state index in [0.29, 0.717) is 0 Å². The van der Waals surface area contributed by atoms with Gasteiger partial charge in [0.25, 0.3) is 0 Å². The summed E-state index contributed by atoms with van der Waals surface area (Å²) in [5.74, 6) is 0. The predicted molar refractivity (Wildman–Crippen MR) is 271 cm³/mol. The van der Waals surface area contributed by atoms with Gasteiger partial charge in [0.2, 0.25) is 0 Å². The van der Waals surface area contributed by atoms with Crippen molar-refractivity contribution in [3.05, 3.63) is 248 Å². The summed E-state index contributed by atoms with van der Waals surface area (Å²) in [6.45, 7) is 4.74. The number of nitrogens with zero attached hydrogens (tertiary/aromatic N) is 3. The summed E-state index contributed by atoms with van der Waals surface area (Å²) in [6, 6.07) is 86.5. The van der Waals surface area contributed by atoms with Crippen LogP contribution < -0.4 is 9.80 Å². The number of hydrogen-bond donors (Lipinski definition) is 0. The van der Waals surface area contributed by atoms with Crippen LogP contribution in [0.2, 0.25) is 0 Å². The van der Waals surface area contributed by atoms with Gasteiger partial charge in [-0.1, -0.05) is 159 Å². The van der Waals surface area contributed by atoms with E-state index in [2.05, 4.69) is 265 Å². The summed E-state index contributed by atoms with van der Waals surface area (Å²) in [7, 11) is 0. The Bertz CT molecular complexity index is 3480. The summed E-state index contributed by atoms with van der Waals surface area (Å²) in [5, 5.41) is 4.91. The lowest BCUT2D eigenvalue weighted by Crippen LogP contribution is -2.16. The van der Waals surface area contributed by atoms with Crippen molar-refractivity contribution >= 4 is 66.7 Å². The molecule has 12 rings (SSSR count). The third-order valence-electron chi connectivity index (χ3n) is 13.3. The lowest BCUT2D eigenvalue weighted by Gasteiger charge is -2.31. The van der Waals surface area contributed by atoms with Gasteiger partial charge in [-0.25, -0.2) is 0 Å². The fraction of sp³-hybridized carbons (Fsp3) is 0.0492. The maximum Gasteiger partial charge on any atom is 0.0583 e. The average molecular weight is 820 g/mol. The van der Waals surface area contributed by atoms with Crippen molar-refractivity contribution in [3.63, 3.8) is 0 Å². The number of anilines is 6. The smallest absolute Gasteiger partial charge is 0.0583 e. The molecular formula is C61H45N3. The molecule has 10 aromatic carbocycles. The van der Waals surface area contributed by atoms with Crippen LogP contribution in [0.3, 0.4) is 0 Å². The molecule has 1 aliphatic rings. The van der Waals surface area contributed by atoms with Crippen molar-refractivity contribution in [2.45, 2.75) is 19.3 Å². The van der Waals surface area contributed by atoms with Gasteiger partial charge in [0.15, 0.2) is 0 Å². The topological polar surface area (TPSA) is 11.4 Å². The molecule has 11 aromatic rings. The standard InChI is InChI=1S/C61H45N3/c1-61(2)55-35-34-50(39-54(55)53-37-44-22-15-16-23-45(44)38-56(53)61)62(46-25-9-4-10-26-46)51-40-58(63(47-27-11-5-12-28-47)48-29-13-6-14-30-48)60-52-32-17-18-33-57(52)64(59(60)41-51)49-31-19-24-43(36-49)42-20-7-3-8-21-42/h3-41H,1-2H3. The lowest BCUT2D eigenvalue weighted by atomic mass is 9.82. The molecule has 1 aliphatic carbocycles. The summed E-state index contributed by atoms with van der Waals surface area (Å²) in [5.41, 5.74) is 17.4. The van der Waals surface area contributed by atoms with Crippen molar-refractivity contribution < 1.29 is 0 Å². The molecule has 0 N–H and O–H groups in total. The average Bonchev–Trinajstić information content (AvgIpc) is 3.80. The van der Waals surface area contributed by atoms with Crippen LogP contribution in [0.15, 0.2) is 237 Å². The van der Waals surface area contributed by atoms with Gasteiger partial charge < -0.3 is 14.4 Å². The lowest BCUT2D eigenvalue weighted by molar-refractivity contribution is 0.661. The molecule has 0 saturated heterocycles. The fourth-order valence-electron chi connectivity index (χ4n) is 10.3. The molecule has 0 bridgehead atoms. The number of fused-ring (bicyclic) bond motifs is 7. The van der Waals surface area contributed by atoms with Crippen LogP contribution in [0.4, 0.5) is 34.1 Å². The van der Waals surface area contributed by atoms with E-state index < -0.39 is 0 Å². The normalized spacial score (nSPS) is 12.7. The molecule has 0 spiro atoms. The molecule has 3 nitrogen and oxygen atoms in total. The molecule has 3 heteroatoms. The second kappa shape index (κ2) is 15.0. The van der Waals surface area contributed by atoms with Gasteiger partial charge in [-0.15, -0.1) is 0 Å². The maximum absolute atomic E-state index is 2.47. The Kier molecular flexibility index (Phi) is 8.84. The molecule has 64 heavy (non-hydrogen) atoms. The first-order chi connectivity index (χ1) is 31.5. The van der Waals surface area contributed by atoms with Gasteiger partial charge in [-0.2, -0.15) is 0 Å². The Labute approximate surface area is 374 Å². The monoisotopic (exact) mass is 819 g/mol. The van der Waals surface area contributed by atoms with Crippen LogP contribution in [0.1, 0.15) is 25.0 Å². The van der Waals surface area contributed by atoms with Crippen molar-refractivity contribution in [2.75, 3.05) is 9.80 Å². The van der Waals surface area contributed by atoms with Gasteiger partial charge >= 0.3 is 0 Å². The Morgan fingerprint density at radius 1 is 0.359 bits per heavy atom. The zero-order chi connectivity index (χ0) is 42.8. The number of para-hydroxylation sites is 4. The molecule has 1 aromatic heterocycles. The predicted octanol–water partition coefficient (Wildman–Crippen LogP) is 16.8. The molecule has 304 valence electrons. The first kappa shape index (κ1) is 37.6. The minimum Gasteiger partial charge on any atom is -0.310 e. The highest BCUT2D eigenvalue weighted by Crippen LogP contribution is 2.53. The summed E-state index contributed by atoms with van der Waals surface area (Å²) in [6.07, 6.45) is 0. The van der Waals surface area contributed by atoms with Crippen LogP contribution in [0.5, 0.6) is 0 Å². The largest absolute Gasteiger partial charge is 0.310 e. The zero-order valence-electron chi connectivity index (χ0n) is 35.9. The highest BCUT2D eigenvalue weighted by atomic mass is 15.2. The SMILES string of the molecule is CC1(C)c2ccc(N(c3ccccc3)c3cc(N(c4ccccc4)c4ccccc4)c4c5ccccc5n(-c5cccc(-c6ccccc6)c5)c4c3)cc2-c2cc3ccccc3cc21. The highest BCUT2D eigenvalue weighted by molar-refractivity contribution is 6.18. The molecule has 0 unspecified atom stereocenters. The van der Waals surface area contributed by atoms with E-state index in [4.69, 9.17) is 0 Å². The number of aromatic nitrogens is 1. The first-order valence-electron chi connectivity index (χ1n) is 22.2. The van der Waals surface area contributed by atoms with Crippen molar-refractivity contribution in [1.29, 1.82) is 0 Å². The third-order valence-corrected chi connectivity index (χ3v) is 13.3. The van der Waals surface area contributed by atoms with Crippen molar-refractivity contribution in [1.82, 2.24) is 4.57 Å². The third kappa shape index (κ3) is 6.12. The molecule has 0 fully saturated rings. The number of rotatable bonds is 8. The minimum atomic E-state index is -0.141. The molecular weight excluding hydrogens is 775 g/mol. The van der Waals surface area contributed by atoms with E-state index in [-0.39, 0.29) is 5.41 Å². The van der Waals surface area contributed by atoms with Gasteiger partial charge in [-0.05, 0) is 135 Å². The Hall–Kier alpha value is -8.14. The zero-order valence-corrected chi connectivity index (χ0v) is 35.9. The van der Waals surface area contributed by atoms with Gasteiger partial charge in [0.1, 0.15) is 0 Å². The molecule has 0 saturated carbocycles. The van der Waals surface area contributed by atoms with Crippen LogP contribution in [0, 0.1) is 0 Å². The van der Waals surface area contributed by atoms with E-state index in [1.165, 1.54) is 54.9 Å². The Morgan fingerprint density at radius 2 is 0.922 bits per heavy atom. The van der Waals surface area contributed by atoms with Crippen LogP contribution in [-0.4, -0.2) is 4.57 Å². The minimum absolute atomic E-state index is 0.141. The van der Waals surface area contributed by atoms with E-state index in [0.717, 1.165) is 50.8 Å². The molecule has 0 amide bonds. The highest BCUT2D eigenvalue weighted by Gasteiger charge is 2.36. The van der Waals surface area contributed by atoms with Crippen molar-refractivity contribution in [3.8, 4) is 27.9 Å². The summed E-state index contributed by atoms with van der Waals surface area (Å²) >= 11 is 0. The van der Waals surface area contributed by atoms with Crippen LogP contribution in [0.25, 0.3) is 60.5 Å². The van der Waals surface area contributed by atoms with Crippen LogP contribution in [-0.2, 0) is 5.41 Å². The quantitative estimate of drug-likeness (QED) is 0.151. The second-order valence-electron chi connectivity index (χ2n) is 17.4. The van der Waals surface area contributed by atoms with Gasteiger partial charge in [-0.3, -0.25) is 0 Å². The van der Waals surface area contributed by atoms with E-state index in [1.807, 2.05) is 0 Å². The molecule has 0 atom stereocenters. The van der Waals surface area contributed by atoms with Crippen LogP contribution >= 0.6 is 0 Å². The van der Waals surface area contributed by atoms with Crippen molar-refractivity contribution in [2.24, 2.45) is 0 Å². The van der Waals surface area contributed by atoms with Gasteiger partial charge in [0, 0.05) is 44.6 Å². The van der Waals surface area contributed by atoms with E-state index in [1.54, 1.807) is 0 Å². The number of benzene rings is 10. The van der Waals surface area contributed by atoms with E-state index >= 15 is 0 Å². The fourth-order valence-corrected chi connectivity index (χ4v) is 10.3. The molecule has 0 radical (unpaired) electrons. The molecule has 0 aliphatic heterocycles. The van der Waals surface area contributed by atoms with E-state index in [9.17, 15) is 0 Å². The summed E-state index contributed by atoms with van der Waals surface area (Å²) in [4.78, 5) is 4.88. The van der Waals surface area contributed by atoms with Gasteiger partial charge in [0.05, 0.1) is 22.4 Å². The maximum atomic E-state index is 2.47. The Morgan fingerprint density at radius 3 is 1.61 bits per heavy atom. The number of hydrogen-bond acceptors (Lipinski definition) is 2. The second-order valence-corrected chi connectivity index (χ2v) is 17.4.